The van der Waals surface area contributed by atoms with Gasteiger partial charge in [0.25, 0.3) is 0 Å². The van der Waals surface area contributed by atoms with Gasteiger partial charge in [-0.1, -0.05) is 37.6 Å². The van der Waals surface area contributed by atoms with Crippen LogP contribution in [-0.2, 0) is 9.47 Å². The Balaban J connectivity index is 1.96. The van der Waals surface area contributed by atoms with Crippen LogP contribution in [0.15, 0.2) is 28.3 Å². The van der Waals surface area contributed by atoms with Crippen LogP contribution in [0.2, 0.25) is 0 Å². The molecule has 0 radical (unpaired) electrons. The molecule has 22 heavy (non-hydrogen) atoms. The maximum absolute atomic E-state index is 5.65. The maximum Gasteiger partial charge on any atom is 0.176 e. The minimum atomic E-state index is -0.289. The molecular weight excluding hydrogens is 278 g/mol. The predicted octanol–water partition coefficient (Wildman–Crippen LogP) is 2.44. The molecule has 0 aliphatic carbocycles. The average Bonchev–Trinajstić information content (AvgIpc) is 2.46. The summed E-state index contributed by atoms with van der Waals surface area (Å²) in [6, 6.07) is 6.15. The van der Waals surface area contributed by atoms with Gasteiger partial charge >= 0.3 is 0 Å². The summed E-state index contributed by atoms with van der Waals surface area (Å²) in [7, 11) is 0. The van der Waals surface area contributed by atoms with Gasteiger partial charge in [-0.15, -0.1) is 0 Å². The van der Waals surface area contributed by atoms with E-state index in [1.54, 1.807) is 6.21 Å². The molecule has 0 spiro atoms. The van der Waals surface area contributed by atoms with Crippen molar-refractivity contribution in [1.82, 2.24) is 0 Å². The van der Waals surface area contributed by atoms with Crippen molar-refractivity contribution in [1.29, 1.82) is 0 Å². The highest BCUT2D eigenvalue weighted by Gasteiger charge is 2.27. The zero-order valence-electron chi connectivity index (χ0n) is 13.8. The number of ether oxygens (including phenoxy) is 2. The Kier molecular flexibility index (Phi) is 5.32. The average molecular weight is 303 g/mol. The first kappa shape index (κ1) is 16.6. The number of nitrogens with two attached hydrogens (primary N) is 1. The van der Waals surface area contributed by atoms with Crippen molar-refractivity contribution in [2.75, 3.05) is 19.8 Å². The molecule has 5 nitrogen and oxygen atoms in total. The summed E-state index contributed by atoms with van der Waals surface area (Å²) in [6.07, 6.45) is 1.40. The van der Waals surface area contributed by atoms with Gasteiger partial charge in [-0.25, -0.2) is 0 Å². The van der Waals surface area contributed by atoms with Gasteiger partial charge in [0.05, 0.1) is 19.8 Å². The van der Waals surface area contributed by atoms with Crippen molar-refractivity contribution in [2.45, 2.75) is 34.0 Å². The highest BCUT2D eigenvalue weighted by molar-refractivity contribution is 6.38. The molecular formula is C17H25N3O2. The van der Waals surface area contributed by atoms with Gasteiger partial charge < -0.3 is 15.3 Å². The molecule has 0 atom stereocenters. The monoisotopic (exact) mass is 303 g/mol. The smallest absolute Gasteiger partial charge is 0.176 e. The van der Waals surface area contributed by atoms with Crippen molar-refractivity contribution in [3.63, 3.8) is 0 Å². The number of aliphatic imine (C=N–C) groups is 1. The van der Waals surface area contributed by atoms with Gasteiger partial charge in [0.2, 0.25) is 0 Å². The topological polar surface area (TPSA) is 69.2 Å². The molecule has 0 aromatic heterocycles. The van der Waals surface area contributed by atoms with Gasteiger partial charge in [0.1, 0.15) is 5.71 Å². The molecule has 120 valence electrons. The predicted molar refractivity (Wildman–Crippen MR) is 89.5 cm³/mol. The van der Waals surface area contributed by atoms with E-state index in [2.05, 4.69) is 36.9 Å². The van der Waals surface area contributed by atoms with Crippen LogP contribution in [0.4, 0.5) is 0 Å². The molecule has 1 fully saturated rings. The zero-order chi connectivity index (χ0) is 16.2. The summed E-state index contributed by atoms with van der Waals surface area (Å²) in [5.74, 6) is 5.50. The van der Waals surface area contributed by atoms with E-state index in [0.29, 0.717) is 25.5 Å². The molecule has 0 saturated carbocycles. The molecule has 1 aromatic rings. The third-order valence-corrected chi connectivity index (χ3v) is 3.58. The van der Waals surface area contributed by atoms with Crippen LogP contribution >= 0.6 is 0 Å². The number of hydrogen-bond donors (Lipinski definition) is 1. The molecule has 2 rings (SSSR count). The van der Waals surface area contributed by atoms with Crippen LogP contribution in [0.3, 0.4) is 0 Å². The highest BCUT2D eigenvalue weighted by atomic mass is 16.7. The Morgan fingerprint density at radius 2 is 2.00 bits per heavy atom. The summed E-state index contributed by atoms with van der Waals surface area (Å²) in [5.41, 5.74) is 4.06. The molecule has 1 aromatic carbocycles. The van der Waals surface area contributed by atoms with E-state index >= 15 is 0 Å². The van der Waals surface area contributed by atoms with Crippen molar-refractivity contribution < 1.29 is 9.47 Å². The second-order valence-corrected chi connectivity index (χ2v) is 6.54. The number of hydrazone groups is 1. The van der Waals surface area contributed by atoms with Gasteiger partial charge in [-0.3, -0.25) is 4.99 Å². The van der Waals surface area contributed by atoms with Crippen LogP contribution in [0.25, 0.3) is 0 Å². The van der Waals surface area contributed by atoms with E-state index in [4.69, 9.17) is 15.3 Å². The highest BCUT2D eigenvalue weighted by Crippen LogP contribution is 2.22. The summed E-state index contributed by atoms with van der Waals surface area (Å²) in [5, 5.41) is 3.84. The van der Waals surface area contributed by atoms with Gasteiger partial charge in [-0.2, -0.15) is 5.10 Å². The molecule has 0 amide bonds. The molecule has 0 bridgehead atoms. The lowest BCUT2D eigenvalue weighted by molar-refractivity contribution is -0.215. The van der Waals surface area contributed by atoms with E-state index in [9.17, 15) is 0 Å². The minimum absolute atomic E-state index is 0.0725. The summed E-state index contributed by atoms with van der Waals surface area (Å²) in [4.78, 5) is 4.37. The third-order valence-electron chi connectivity index (χ3n) is 3.58. The first-order valence-electron chi connectivity index (χ1n) is 7.50. The second kappa shape index (κ2) is 7.03. The Hall–Kier alpha value is -1.72. The lowest BCUT2D eigenvalue weighted by Crippen LogP contribution is -2.39. The fraction of sp³-hybridized carbons (Fsp3) is 0.529. The van der Waals surface area contributed by atoms with E-state index < -0.39 is 0 Å². The molecule has 1 aliphatic heterocycles. The first-order valence-corrected chi connectivity index (χ1v) is 7.50. The van der Waals surface area contributed by atoms with Crippen molar-refractivity contribution in [3.05, 3.63) is 34.9 Å². The van der Waals surface area contributed by atoms with Crippen LogP contribution in [0.1, 0.15) is 30.5 Å². The Morgan fingerprint density at radius 3 is 2.59 bits per heavy atom. The molecule has 0 unspecified atom stereocenters. The van der Waals surface area contributed by atoms with E-state index in [-0.39, 0.29) is 11.7 Å². The number of hydrogen-bond acceptors (Lipinski definition) is 5. The van der Waals surface area contributed by atoms with Crippen LogP contribution < -0.4 is 5.84 Å². The third kappa shape index (κ3) is 4.39. The van der Waals surface area contributed by atoms with Gasteiger partial charge in [-0.05, 0) is 19.4 Å². The van der Waals surface area contributed by atoms with E-state index in [0.717, 1.165) is 11.1 Å². The molecule has 1 heterocycles. The van der Waals surface area contributed by atoms with Crippen molar-refractivity contribution in [3.8, 4) is 0 Å². The van der Waals surface area contributed by atoms with Gasteiger partial charge in [0.15, 0.2) is 6.29 Å². The van der Waals surface area contributed by atoms with E-state index in [1.165, 1.54) is 5.56 Å². The Morgan fingerprint density at radius 1 is 1.32 bits per heavy atom. The van der Waals surface area contributed by atoms with E-state index in [1.807, 2.05) is 19.1 Å². The Bertz CT molecular complexity index is 569. The standard InChI is InChI=1S/C17H25N3O2/c1-12-5-6-14(13(2)7-12)15(20-18)8-19-9-16-21-10-17(3,4)11-22-16/h5-8,16H,9-11,18H2,1-4H3/b19-8?,20-15+. The van der Waals surface area contributed by atoms with Crippen LogP contribution in [0.5, 0.6) is 0 Å². The normalized spacial score (nSPS) is 19.7. The lowest BCUT2D eigenvalue weighted by Gasteiger charge is -2.33. The Labute approximate surface area is 132 Å². The van der Waals surface area contributed by atoms with Crippen molar-refractivity contribution >= 4 is 11.9 Å². The molecule has 1 aliphatic rings. The quantitative estimate of drug-likeness (QED) is 0.527. The fourth-order valence-corrected chi connectivity index (χ4v) is 2.33. The van der Waals surface area contributed by atoms with Crippen molar-refractivity contribution in [2.24, 2.45) is 21.4 Å². The number of nitrogens with zero attached hydrogens (tertiary/aromatic N) is 2. The van der Waals surface area contributed by atoms with Crippen LogP contribution in [-0.4, -0.2) is 38.0 Å². The maximum atomic E-state index is 5.65. The van der Waals surface area contributed by atoms with Crippen LogP contribution in [0, 0.1) is 19.3 Å². The van der Waals surface area contributed by atoms with Gasteiger partial charge in [0, 0.05) is 17.2 Å². The summed E-state index contributed by atoms with van der Waals surface area (Å²) < 4.78 is 11.3. The second-order valence-electron chi connectivity index (χ2n) is 6.54. The molecule has 5 heteroatoms. The summed E-state index contributed by atoms with van der Waals surface area (Å²) >= 11 is 0. The first-order chi connectivity index (χ1) is 10.4. The fourth-order valence-electron chi connectivity index (χ4n) is 2.33. The zero-order valence-corrected chi connectivity index (χ0v) is 13.8. The molecule has 2 N–H and O–H groups in total. The number of rotatable bonds is 4. The lowest BCUT2D eigenvalue weighted by atomic mass is 9.96. The minimum Gasteiger partial charge on any atom is -0.350 e. The number of aryl methyl sites for hydroxylation is 2. The SMILES string of the molecule is Cc1ccc(/C(C=NCC2OCC(C)(C)CO2)=N/N)c(C)c1. The number of benzene rings is 1. The summed E-state index contributed by atoms with van der Waals surface area (Å²) in [6.45, 7) is 10.1. The molecule has 1 saturated heterocycles. The largest absolute Gasteiger partial charge is 0.350 e.